The Kier molecular flexibility index (Phi) is 1.57. The lowest BCUT2D eigenvalue weighted by atomic mass is 10.3. The molecule has 1 aromatic rings. The van der Waals surface area contributed by atoms with Crippen LogP contribution in [0.1, 0.15) is 5.69 Å². The largest absolute Gasteiger partial charge is 0.387 e. The summed E-state index contributed by atoms with van der Waals surface area (Å²) < 4.78 is 0. The highest BCUT2D eigenvalue weighted by Gasteiger charge is 1.96. The van der Waals surface area contributed by atoms with Crippen molar-refractivity contribution in [1.29, 1.82) is 5.41 Å². The zero-order valence-corrected chi connectivity index (χ0v) is 5.27. The summed E-state index contributed by atoms with van der Waals surface area (Å²) in [5, 5.41) is 11.8. The van der Waals surface area contributed by atoms with E-state index in [1.54, 1.807) is 0 Å². The second-order valence-corrected chi connectivity index (χ2v) is 1.99. The monoisotopic (exact) mass is 140 g/mol. The summed E-state index contributed by atoms with van der Waals surface area (Å²) in [6.07, 6.45) is 0.290. The molecule has 0 atom stereocenters. The Morgan fingerprint density at radius 1 is 1.70 bits per heavy atom. The van der Waals surface area contributed by atoms with Crippen LogP contribution in [0.25, 0.3) is 0 Å². The van der Waals surface area contributed by atoms with Gasteiger partial charge in [-0.2, -0.15) is 0 Å². The van der Waals surface area contributed by atoms with Gasteiger partial charge in [0.05, 0.1) is 5.84 Å². The number of rotatable bonds is 2. The third-order valence-corrected chi connectivity index (χ3v) is 1.03. The van der Waals surface area contributed by atoms with Gasteiger partial charge in [0.2, 0.25) is 0 Å². The molecule has 0 radical (unpaired) electrons. The van der Waals surface area contributed by atoms with Gasteiger partial charge in [0.15, 0.2) is 0 Å². The van der Waals surface area contributed by atoms with Crippen molar-refractivity contribution in [2.75, 3.05) is 0 Å². The number of H-pyrrole nitrogens is 2. The predicted octanol–water partition coefficient (Wildman–Crippen LogP) is -0.819. The normalized spacial score (nSPS) is 9.60. The molecule has 0 spiro atoms. The minimum atomic E-state index is -0.198. The van der Waals surface area contributed by atoms with Crippen LogP contribution in [-0.2, 0) is 6.42 Å². The molecule has 1 rings (SSSR count). The standard InChI is InChI=1S/C5H8N4O/c6-4(7)1-3-2-5(10)9-8-3/h2H,1H2,(H3,6,7)(H2,8,9,10). The van der Waals surface area contributed by atoms with E-state index in [0.29, 0.717) is 12.1 Å². The second-order valence-electron chi connectivity index (χ2n) is 1.99. The lowest BCUT2D eigenvalue weighted by molar-refractivity contribution is 1.000. The van der Waals surface area contributed by atoms with Gasteiger partial charge in [0.25, 0.3) is 5.56 Å². The quantitative estimate of drug-likeness (QED) is 0.319. The second kappa shape index (κ2) is 2.38. The number of nitrogens with two attached hydrogens (primary N) is 1. The maximum Gasteiger partial charge on any atom is 0.264 e. The summed E-state index contributed by atoms with van der Waals surface area (Å²) in [4.78, 5) is 10.5. The van der Waals surface area contributed by atoms with Crippen molar-refractivity contribution in [3.63, 3.8) is 0 Å². The summed E-state index contributed by atoms with van der Waals surface area (Å²) >= 11 is 0. The van der Waals surface area contributed by atoms with Crippen LogP contribution in [0.2, 0.25) is 0 Å². The molecule has 10 heavy (non-hydrogen) atoms. The van der Waals surface area contributed by atoms with E-state index in [0.717, 1.165) is 0 Å². The fraction of sp³-hybridized carbons (Fsp3) is 0.200. The number of aromatic nitrogens is 2. The average molecular weight is 140 g/mol. The van der Waals surface area contributed by atoms with Crippen molar-refractivity contribution in [3.05, 3.63) is 22.1 Å². The topological polar surface area (TPSA) is 98.5 Å². The van der Waals surface area contributed by atoms with E-state index in [4.69, 9.17) is 11.1 Å². The lowest BCUT2D eigenvalue weighted by Gasteiger charge is -1.90. The lowest BCUT2D eigenvalue weighted by Crippen LogP contribution is -2.12. The van der Waals surface area contributed by atoms with Gasteiger partial charge >= 0.3 is 0 Å². The molecule has 0 amide bonds. The molecule has 0 bridgehead atoms. The van der Waals surface area contributed by atoms with E-state index in [1.807, 2.05) is 0 Å². The van der Waals surface area contributed by atoms with E-state index >= 15 is 0 Å². The molecule has 0 saturated heterocycles. The maximum absolute atomic E-state index is 10.5. The minimum Gasteiger partial charge on any atom is -0.387 e. The van der Waals surface area contributed by atoms with E-state index in [-0.39, 0.29) is 11.4 Å². The molecular weight excluding hydrogens is 132 g/mol. The van der Waals surface area contributed by atoms with E-state index < -0.39 is 0 Å². The molecule has 0 aromatic carbocycles. The first-order valence-electron chi connectivity index (χ1n) is 2.78. The van der Waals surface area contributed by atoms with Crippen molar-refractivity contribution >= 4 is 5.84 Å². The zero-order chi connectivity index (χ0) is 7.56. The SMILES string of the molecule is N=C(N)Cc1cc(=O)[nH][nH]1. The molecule has 0 aliphatic carbocycles. The molecule has 1 aromatic heterocycles. The number of hydrogen-bond acceptors (Lipinski definition) is 2. The minimum absolute atomic E-state index is 0.0373. The molecule has 54 valence electrons. The molecule has 0 saturated carbocycles. The molecule has 0 aliphatic heterocycles. The molecular formula is C5H8N4O. The molecule has 5 heteroatoms. The van der Waals surface area contributed by atoms with Crippen molar-refractivity contribution in [3.8, 4) is 0 Å². The fourth-order valence-corrected chi connectivity index (χ4v) is 0.673. The summed E-state index contributed by atoms with van der Waals surface area (Å²) in [5.41, 5.74) is 5.52. The van der Waals surface area contributed by atoms with Gasteiger partial charge in [0.1, 0.15) is 0 Å². The highest BCUT2D eigenvalue weighted by molar-refractivity contribution is 5.78. The average Bonchev–Trinajstić information content (AvgIpc) is 2.13. The Morgan fingerprint density at radius 2 is 2.40 bits per heavy atom. The van der Waals surface area contributed by atoms with Crippen LogP contribution in [0.3, 0.4) is 0 Å². The van der Waals surface area contributed by atoms with Gasteiger partial charge in [0, 0.05) is 18.2 Å². The summed E-state index contributed by atoms with van der Waals surface area (Å²) in [6, 6.07) is 1.38. The smallest absolute Gasteiger partial charge is 0.264 e. The van der Waals surface area contributed by atoms with E-state index in [1.165, 1.54) is 6.07 Å². The van der Waals surface area contributed by atoms with Crippen LogP contribution in [0.15, 0.2) is 10.9 Å². The van der Waals surface area contributed by atoms with Crippen molar-refractivity contribution in [1.82, 2.24) is 10.2 Å². The Hall–Kier alpha value is -1.52. The van der Waals surface area contributed by atoms with E-state index in [9.17, 15) is 4.79 Å². The Balaban J connectivity index is 2.76. The van der Waals surface area contributed by atoms with E-state index in [2.05, 4.69) is 10.2 Å². The first-order chi connectivity index (χ1) is 4.68. The Labute approximate surface area is 56.7 Å². The van der Waals surface area contributed by atoms with Crippen LogP contribution >= 0.6 is 0 Å². The fourth-order valence-electron chi connectivity index (χ4n) is 0.673. The van der Waals surface area contributed by atoms with Gasteiger partial charge in [-0.1, -0.05) is 0 Å². The van der Waals surface area contributed by atoms with Crippen molar-refractivity contribution < 1.29 is 0 Å². The Morgan fingerprint density at radius 3 is 2.80 bits per heavy atom. The molecule has 0 aliphatic rings. The third kappa shape index (κ3) is 1.48. The van der Waals surface area contributed by atoms with Gasteiger partial charge < -0.3 is 10.8 Å². The maximum atomic E-state index is 10.5. The molecule has 5 N–H and O–H groups in total. The predicted molar refractivity (Wildman–Crippen MR) is 37.0 cm³/mol. The van der Waals surface area contributed by atoms with Crippen LogP contribution in [0.5, 0.6) is 0 Å². The van der Waals surface area contributed by atoms with Crippen LogP contribution in [0.4, 0.5) is 0 Å². The number of aromatic amines is 2. The number of nitrogens with one attached hydrogen (secondary N) is 3. The molecule has 0 unspecified atom stereocenters. The first-order valence-corrected chi connectivity index (χ1v) is 2.78. The van der Waals surface area contributed by atoms with Crippen molar-refractivity contribution in [2.24, 2.45) is 5.73 Å². The molecule has 0 fully saturated rings. The van der Waals surface area contributed by atoms with Crippen LogP contribution < -0.4 is 11.3 Å². The molecule has 5 nitrogen and oxygen atoms in total. The van der Waals surface area contributed by atoms with Crippen LogP contribution in [-0.4, -0.2) is 16.0 Å². The number of hydrogen-bond donors (Lipinski definition) is 4. The van der Waals surface area contributed by atoms with Crippen molar-refractivity contribution in [2.45, 2.75) is 6.42 Å². The van der Waals surface area contributed by atoms with Gasteiger partial charge in [-0.3, -0.25) is 15.3 Å². The zero-order valence-electron chi connectivity index (χ0n) is 5.27. The van der Waals surface area contributed by atoms with Gasteiger partial charge in [-0.05, 0) is 0 Å². The summed E-state index contributed by atoms with van der Waals surface area (Å²) in [7, 11) is 0. The highest BCUT2D eigenvalue weighted by Crippen LogP contribution is 1.86. The number of amidine groups is 1. The first kappa shape index (κ1) is 6.60. The van der Waals surface area contributed by atoms with Gasteiger partial charge in [-0.15, -0.1) is 0 Å². The van der Waals surface area contributed by atoms with Gasteiger partial charge in [-0.25, -0.2) is 0 Å². The van der Waals surface area contributed by atoms with Crippen LogP contribution in [0, 0.1) is 5.41 Å². The third-order valence-electron chi connectivity index (χ3n) is 1.03. The highest BCUT2D eigenvalue weighted by atomic mass is 16.1. The Bertz CT molecular complexity index is 284. The summed E-state index contributed by atoms with van der Waals surface area (Å²) in [5.74, 6) is 0.0373. The molecule has 1 heterocycles. The summed E-state index contributed by atoms with van der Waals surface area (Å²) in [6.45, 7) is 0.